The van der Waals surface area contributed by atoms with E-state index in [1.807, 2.05) is 31.2 Å². The van der Waals surface area contributed by atoms with Crippen LogP contribution in [0.2, 0.25) is 0 Å². The molecule has 0 fully saturated rings. The molecule has 18 heavy (non-hydrogen) atoms. The van der Waals surface area contributed by atoms with Gasteiger partial charge in [0.15, 0.2) is 0 Å². The van der Waals surface area contributed by atoms with E-state index in [4.69, 9.17) is 5.84 Å². The molecule has 0 unspecified atom stereocenters. The van der Waals surface area contributed by atoms with Crippen molar-refractivity contribution < 1.29 is 0 Å². The number of nitrogens with two attached hydrogens (primary N) is 1. The van der Waals surface area contributed by atoms with Gasteiger partial charge in [0.25, 0.3) is 0 Å². The Bertz CT molecular complexity index is 605. The van der Waals surface area contributed by atoms with Gasteiger partial charge in [-0.2, -0.15) is 9.97 Å². The van der Waals surface area contributed by atoms with Crippen molar-refractivity contribution in [2.75, 3.05) is 12.1 Å². The first-order chi connectivity index (χ1) is 8.61. The molecule has 0 aliphatic rings. The molecule has 0 amide bonds. The molecule has 3 N–H and O–H groups in total. The van der Waals surface area contributed by atoms with Gasteiger partial charge in [-0.15, -0.1) is 0 Å². The second-order valence-corrected chi connectivity index (χ2v) is 3.92. The Hall–Kier alpha value is -2.21. The number of anilines is 1. The maximum absolute atomic E-state index is 11.5. The molecule has 6 nitrogen and oxygen atoms in total. The number of benzene rings is 1. The van der Waals surface area contributed by atoms with E-state index in [0.717, 1.165) is 17.5 Å². The van der Waals surface area contributed by atoms with E-state index in [2.05, 4.69) is 15.0 Å². The first-order valence-electron chi connectivity index (χ1n) is 5.67. The summed E-state index contributed by atoms with van der Waals surface area (Å²) in [5, 5.41) is 1.22. The molecule has 1 aromatic heterocycles. The molecule has 1 heterocycles. The van der Waals surface area contributed by atoms with Crippen molar-refractivity contribution >= 4 is 5.95 Å². The summed E-state index contributed by atoms with van der Waals surface area (Å²) in [7, 11) is 1.59. The molecular weight excluding hydrogens is 230 g/mol. The number of hydrazine groups is 1. The van der Waals surface area contributed by atoms with Gasteiger partial charge in [-0.1, -0.05) is 31.2 Å². The molecule has 0 aliphatic carbocycles. The van der Waals surface area contributed by atoms with Gasteiger partial charge in [0.05, 0.1) is 0 Å². The first-order valence-corrected chi connectivity index (χ1v) is 5.67. The maximum atomic E-state index is 11.5. The highest BCUT2D eigenvalue weighted by Gasteiger charge is 2.09. The highest BCUT2D eigenvalue weighted by atomic mass is 16.1. The number of hydrogen-bond acceptors (Lipinski definition) is 5. The topological polar surface area (TPSA) is 87.9 Å². The Kier molecular flexibility index (Phi) is 3.38. The molecule has 0 aliphatic heterocycles. The monoisotopic (exact) mass is 245 g/mol. The summed E-state index contributed by atoms with van der Waals surface area (Å²) in [6, 6.07) is 7.78. The fourth-order valence-corrected chi connectivity index (χ4v) is 1.72. The van der Waals surface area contributed by atoms with Crippen molar-refractivity contribution in [3.05, 3.63) is 40.3 Å². The fraction of sp³-hybridized carbons (Fsp3) is 0.250. The summed E-state index contributed by atoms with van der Waals surface area (Å²) in [5.41, 5.74) is 1.54. The van der Waals surface area contributed by atoms with Gasteiger partial charge < -0.3 is 0 Å². The zero-order chi connectivity index (χ0) is 13.1. The fourth-order valence-electron chi connectivity index (χ4n) is 1.72. The highest BCUT2D eigenvalue weighted by Crippen LogP contribution is 2.20. The molecule has 2 rings (SSSR count). The highest BCUT2D eigenvalue weighted by molar-refractivity contribution is 5.60. The minimum absolute atomic E-state index is 0.194. The van der Waals surface area contributed by atoms with Gasteiger partial charge in [-0.25, -0.2) is 10.6 Å². The van der Waals surface area contributed by atoms with Crippen LogP contribution in [0, 0.1) is 0 Å². The molecule has 0 bridgehead atoms. The van der Waals surface area contributed by atoms with Crippen molar-refractivity contribution in [2.45, 2.75) is 13.3 Å². The summed E-state index contributed by atoms with van der Waals surface area (Å²) >= 11 is 0. The molecule has 0 radical (unpaired) electrons. The summed E-state index contributed by atoms with van der Waals surface area (Å²) in [5.74, 6) is 6.24. The number of hydrogen-bond donors (Lipinski definition) is 2. The number of rotatable bonds is 3. The molecule has 6 heteroatoms. The molecule has 2 aromatic rings. The quantitative estimate of drug-likeness (QED) is 0.614. The van der Waals surface area contributed by atoms with Gasteiger partial charge in [0.1, 0.15) is 5.82 Å². The predicted molar refractivity (Wildman–Crippen MR) is 70.1 cm³/mol. The van der Waals surface area contributed by atoms with Crippen LogP contribution in [0.3, 0.4) is 0 Å². The minimum Gasteiger partial charge on any atom is -0.290 e. The number of aryl methyl sites for hydroxylation is 1. The lowest BCUT2D eigenvalue weighted by atomic mass is 10.1. The van der Waals surface area contributed by atoms with Crippen LogP contribution in [-0.4, -0.2) is 22.0 Å². The number of nitrogens with zero attached hydrogens (tertiary/aromatic N) is 3. The number of nitrogens with one attached hydrogen (secondary N) is 1. The molecule has 0 saturated carbocycles. The Morgan fingerprint density at radius 3 is 2.72 bits per heavy atom. The van der Waals surface area contributed by atoms with E-state index in [0.29, 0.717) is 5.82 Å². The number of aromatic amines is 1. The molecule has 0 spiro atoms. The summed E-state index contributed by atoms with van der Waals surface area (Å²) < 4.78 is 0. The third-order valence-electron chi connectivity index (χ3n) is 2.61. The van der Waals surface area contributed by atoms with E-state index in [-0.39, 0.29) is 5.95 Å². The van der Waals surface area contributed by atoms with Crippen molar-refractivity contribution in [3.8, 4) is 11.4 Å². The van der Waals surface area contributed by atoms with Crippen LogP contribution in [0.5, 0.6) is 0 Å². The molecular formula is C12H15N5O. The standard InChI is InChI=1S/C12H15N5O/c1-3-8-6-4-5-7-9(8)10-14-11(17(2)13)16-12(18)15-10/h4-7H,3,13H2,1-2H3,(H,14,15,16,18). The van der Waals surface area contributed by atoms with Crippen LogP contribution >= 0.6 is 0 Å². The van der Waals surface area contributed by atoms with Gasteiger partial charge in [-0.3, -0.25) is 9.99 Å². The maximum Gasteiger partial charge on any atom is 0.349 e. The van der Waals surface area contributed by atoms with E-state index < -0.39 is 5.69 Å². The van der Waals surface area contributed by atoms with Crippen molar-refractivity contribution in [1.82, 2.24) is 15.0 Å². The Morgan fingerprint density at radius 2 is 2.06 bits per heavy atom. The average Bonchev–Trinajstić information content (AvgIpc) is 2.38. The summed E-state index contributed by atoms with van der Waals surface area (Å²) in [6.07, 6.45) is 0.857. The van der Waals surface area contributed by atoms with Crippen LogP contribution in [0.1, 0.15) is 12.5 Å². The molecule has 1 aromatic carbocycles. The van der Waals surface area contributed by atoms with E-state index in [1.165, 1.54) is 5.01 Å². The van der Waals surface area contributed by atoms with Crippen LogP contribution in [0.4, 0.5) is 5.95 Å². The largest absolute Gasteiger partial charge is 0.349 e. The second kappa shape index (κ2) is 4.97. The van der Waals surface area contributed by atoms with Crippen molar-refractivity contribution in [3.63, 3.8) is 0 Å². The molecule has 0 saturated heterocycles. The van der Waals surface area contributed by atoms with E-state index in [1.54, 1.807) is 7.05 Å². The Morgan fingerprint density at radius 1 is 1.33 bits per heavy atom. The zero-order valence-corrected chi connectivity index (χ0v) is 10.3. The zero-order valence-electron chi connectivity index (χ0n) is 10.3. The van der Waals surface area contributed by atoms with Crippen LogP contribution < -0.4 is 16.5 Å². The van der Waals surface area contributed by atoms with Crippen LogP contribution in [0.25, 0.3) is 11.4 Å². The second-order valence-electron chi connectivity index (χ2n) is 3.92. The van der Waals surface area contributed by atoms with Crippen molar-refractivity contribution in [1.29, 1.82) is 0 Å². The Labute approximate surface area is 104 Å². The van der Waals surface area contributed by atoms with Gasteiger partial charge >= 0.3 is 5.69 Å². The van der Waals surface area contributed by atoms with Crippen LogP contribution in [-0.2, 0) is 6.42 Å². The number of aromatic nitrogens is 3. The van der Waals surface area contributed by atoms with Gasteiger partial charge in [0.2, 0.25) is 5.95 Å². The molecule has 94 valence electrons. The summed E-state index contributed by atoms with van der Waals surface area (Å²) in [6.45, 7) is 2.05. The summed E-state index contributed by atoms with van der Waals surface area (Å²) in [4.78, 5) is 22.1. The first kappa shape index (κ1) is 12.3. The lowest BCUT2D eigenvalue weighted by Gasteiger charge is -2.11. The predicted octanol–water partition coefficient (Wildman–Crippen LogP) is 0.704. The SMILES string of the molecule is CCc1ccccc1-c1nc(N(C)N)nc(=O)[nH]1. The van der Waals surface area contributed by atoms with Gasteiger partial charge in [-0.05, 0) is 12.0 Å². The lowest BCUT2D eigenvalue weighted by molar-refractivity contribution is 0.885. The normalized spacial score (nSPS) is 10.4. The van der Waals surface area contributed by atoms with E-state index in [9.17, 15) is 4.79 Å². The van der Waals surface area contributed by atoms with E-state index >= 15 is 0 Å². The smallest absolute Gasteiger partial charge is 0.290 e. The van der Waals surface area contributed by atoms with Crippen molar-refractivity contribution in [2.24, 2.45) is 5.84 Å². The third-order valence-corrected chi connectivity index (χ3v) is 2.61. The molecule has 0 atom stereocenters. The third kappa shape index (κ3) is 2.38. The minimum atomic E-state index is -0.460. The van der Waals surface area contributed by atoms with Crippen LogP contribution in [0.15, 0.2) is 29.1 Å². The number of H-pyrrole nitrogens is 1. The Balaban J connectivity index is 2.60. The average molecular weight is 245 g/mol. The van der Waals surface area contributed by atoms with Gasteiger partial charge in [0, 0.05) is 12.6 Å². The lowest BCUT2D eigenvalue weighted by Crippen LogP contribution is -2.30.